The Bertz CT molecular complexity index is 1480. The van der Waals surface area contributed by atoms with Crippen LogP contribution in [0.25, 0.3) is 32.7 Å². The van der Waals surface area contributed by atoms with Crippen LogP contribution in [0.5, 0.6) is 0 Å². The first-order chi connectivity index (χ1) is 18.6. The molecule has 0 aliphatic carbocycles. The normalized spacial score (nSPS) is 13.2. The number of hydrogen-bond acceptors (Lipinski definition) is 2. The van der Waals surface area contributed by atoms with E-state index in [0.29, 0.717) is 18.9 Å². The van der Waals surface area contributed by atoms with Crippen LogP contribution in [0.15, 0.2) is 72.8 Å². The second-order valence-electron chi connectivity index (χ2n) is 10.8. The number of nitrogens with one attached hydrogen (secondary N) is 2. The lowest BCUT2D eigenvalue weighted by molar-refractivity contribution is -0.121. The van der Waals surface area contributed by atoms with Gasteiger partial charge in [0.05, 0.1) is 0 Å². The fraction of sp³-hybridized carbons (Fsp3) is 0.343. The Balaban J connectivity index is 1.54. The van der Waals surface area contributed by atoms with E-state index in [1.165, 1.54) is 67.9 Å². The molecule has 4 aromatic rings. The average Bonchev–Trinajstić information content (AvgIpc) is 2.94. The van der Waals surface area contributed by atoms with E-state index in [1.807, 2.05) is 0 Å². The van der Waals surface area contributed by atoms with Crippen molar-refractivity contribution < 1.29 is 4.79 Å². The molecule has 0 saturated heterocycles. The van der Waals surface area contributed by atoms with Crippen molar-refractivity contribution in [3.05, 3.63) is 89.5 Å². The predicted molar refractivity (Wildman–Crippen MR) is 164 cm³/mol. The van der Waals surface area contributed by atoms with E-state index >= 15 is 0 Å². The van der Waals surface area contributed by atoms with Crippen molar-refractivity contribution >= 4 is 44.3 Å². The van der Waals surface area contributed by atoms with Crippen LogP contribution in [0.2, 0.25) is 0 Å². The molecule has 3 heteroatoms. The molecular weight excluding hydrogens is 464 g/mol. The molecule has 3 nitrogen and oxygen atoms in total. The highest BCUT2D eigenvalue weighted by molar-refractivity contribution is 6.12. The first-order valence-corrected chi connectivity index (χ1v) is 14.3. The Kier molecular flexibility index (Phi) is 8.12. The molecule has 1 amide bonds. The number of anilines is 1. The Morgan fingerprint density at radius 3 is 2.53 bits per heavy atom. The van der Waals surface area contributed by atoms with E-state index < -0.39 is 0 Å². The van der Waals surface area contributed by atoms with E-state index in [1.54, 1.807) is 0 Å². The number of benzene rings is 4. The predicted octanol–water partition coefficient (Wildman–Crippen LogP) is 8.61. The molecule has 5 rings (SSSR count). The van der Waals surface area contributed by atoms with E-state index in [0.717, 1.165) is 25.8 Å². The lowest BCUT2D eigenvalue weighted by Crippen LogP contribution is -2.25. The molecule has 0 spiro atoms. The molecule has 38 heavy (non-hydrogen) atoms. The van der Waals surface area contributed by atoms with Crippen LogP contribution in [-0.4, -0.2) is 19.0 Å². The van der Waals surface area contributed by atoms with Crippen molar-refractivity contribution in [3.8, 4) is 0 Å². The number of hydrogen-bond donors (Lipinski definition) is 2. The number of allylic oxidation sites excluding steroid dienone is 1. The standard InChI is InChI=1S/C35H40N2O/c1-4-5-6-7-18-32(38)36-22-21-27-15-10-14-26-19-20-31-35(34(26)27)33(24(2)3)30(23-37-31)29-17-11-13-25-12-8-9-16-28(25)29/h8-17,19-20,24,37H,4-7,18,21-23H2,1-3H3,(H,36,38). The maximum Gasteiger partial charge on any atom is 0.220 e. The van der Waals surface area contributed by atoms with Crippen molar-refractivity contribution in [1.29, 1.82) is 0 Å². The summed E-state index contributed by atoms with van der Waals surface area (Å²) >= 11 is 0. The van der Waals surface area contributed by atoms with Crippen LogP contribution in [0.3, 0.4) is 0 Å². The minimum absolute atomic E-state index is 0.172. The van der Waals surface area contributed by atoms with Crippen LogP contribution in [0.4, 0.5) is 5.69 Å². The second kappa shape index (κ2) is 11.9. The maximum atomic E-state index is 12.4. The molecule has 1 aliphatic heterocycles. The molecule has 1 heterocycles. The zero-order valence-corrected chi connectivity index (χ0v) is 23.1. The molecule has 0 atom stereocenters. The quantitative estimate of drug-likeness (QED) is 0.212. The summed E-state index contributed by atoms with van der Waals surface area (Å²) in [6, 6.07) is 26.4. The van der Waals surface area contributed by atoms with Crippen LogP contribution >= 0.6 is 0 Å². The highest BCUT2D eigenvalue weighted by Crippen LogP contribution is 2.45. The molecule has 196 valence electrons. The van der Waals surface area contributed by atoms with Crippen LogP contribution in [0.1, 0.15) is 69.6 Å². The molecule has 0 radical (unpaired) electrons. The van der Waals surface area contributed by atoms with Crippen molar-refractivity contribution in [2.75, 3.05) is 18.4 Å². The van der Waals surface area contributed by atoms with E-state index in [-0.39, 0.29) is 5.91 Å². The van der Waals surface area contributed by atoms with Gasteiger partial charge in [-0.25, -0.2) is 0 Å². The minimum atomic E-state index is 0.172. The third-order valence-corrected chi connectivity index (χ3v) is 7.85. The summed E-state index contributed by atoms with van der Waals surface area (Å²) in [5.41, 5.74) is 7.95. The number of unbranched alkanes of at least 4 members (excludes halogenated alkanes) is 3. The summed E-state index contributed by atoms with van der Waals surface area (Å²) in [5.74, 6) is 0.539. The van der Waals surface area contributed by atoms with Crippen molar-refractivity contribution in [2.45, 2.75) is 59.3 Å². The van der Waals surface area contributed by atoms with E-state index in [4.69, 9.17) is 0 Å². The fourth-order valence-electron chi connectivity index (χ4n) is 6.02. The topological polar surface area (TPSA) is 41.1 Å². The number of carbonyl (C=O) groups excluding carboxylic acids is 1. The lowest BCUT2D eigenvalue weighted by Gasteiger charge is -2.30. The number of rotatable bonds is 10. The summed E-state index contributed by atoms with van der Waals surface area (Å²) < 4.78 is 0. The van der Waals surface area contributed by atoms with Gasteiger partial charge in [0.25, 0.3) is 0 Å². The molecule has 0 bridgehead atoms. The molecule has 2 N–H and O–H groups in total. The van der Waals surface area contributed by atoms with Gasteiger partial charge in [0.2, 0.25) is 5.91 Å². The second-order valence-corrected chi connectivity index (χ2v) is 10.8. The van der Waals surface area contributed by atoms with Gasteiger partial charge in [-0.05, 0) is 68.6 Å². The maximum absolute atomic E-state index is 12.4. The monoisotopic (exact) mass is 504 g/mol. The van der Waals surface area contributed by atoms with Crippen molar-refractivity contribution in [1.82, 2.24) is 5.32 Å². The summed E-state index contributed by atoms with van der Waals surface area (Å²) in [6.07, 6.45) is 5.96. The smallest absolute Gasteiger partial charge is 0.220 e. The first-order valence-electron chi connectivity index (χ1n) is 14.3. The zero-order chi connectivity index (χ0) is 26.5. The van der Waals surface area contributed by atoms with Crippen molar-refractivity contribution in [2.24, 2.45) is 5.92 Å². The molecule has 1 aliphatic rings. The van der Waals surface area contributed by atoms with Crippen molar-refractivity contribution in [3.63, 3.8) is 0 Å². The third-order valence-electron chi connectivity index (χ3n) is 7.85. The van der Waals surface area contributed by atoms with Gasteiger partial charge in [-0.1, -0.05) is 107 Å². The van der Waals surface area contributed by atoms with Gasteiger partial charge >= 0.3 is 0 Å². The van der Waals surface area contributed by atoms with Gasteiger partial charge in [0.1, 0.15) is 0 Å². The van der Waals surface area contributed by atoms with Gasteiger partial charge in [0, 0.05) is 30.8 Å². The molecule has 0 saturated carbocycles. The highest BCUT2D eigenvalue weighted by atomic mass is 16.1. The average molecular weight is 505 g/mol. The molecular formula is C35H40N2O. The van der Waals surface area contributed by atoms with Crippen LogP contribution < -0.4 is 10.6 Å². The number of amides is 1. The minimum Gasteiger partial charge on any atom is -0.380 e. The fourth-order valence-corrected chi connectivity index (χ4v) is 6.02. The molecule has 0 aromatic heterocycles. The Morgan fingerprint density at radius 2 is 1.68 bits per heavy atom. The van der Waals surface area contributed by atoms with Gasteiger partial charge in [-0.15, -0.1) is 0 Å². The van der Waals surface area contributed by atoms with E-state index in [9.17, 15) is 4.79 Å². The summed E-state index contributed by atoms with van der Waals surface area (Å²) in [4.78, 5) is 12.4. The molecule has 4 aromatic carbocycles. The van der Waals surface area contributed by atoms with Gasteiger partial charge in [-0.2, -0.15) is 0 Å². The van der Waals surface area contributed by atoms with E-state index in [2.05, 4.69) is 104 Å². The Hall–Kier alpha value is -3.59. The lowest BCUT2D eigenvalue weighted by atomic mass is 9.80. The van der Waals surface area contributed by atoms with Crippen LogP contribution in [0, 0.1) is 5.92 Å². The summed E-state index contributed by atoms with van der Waals surface area (Å²) in [7, 11) is 0. The number of fused-ring (bicyclic) bond motifs is 4. The summed E-state index contributed by atoms with van der Waals surface area (Å²) in [5, 5.41) is 12.1. The molecule has 0 unspecified atom stereocenters. The highest BCUT2D eigenvalue weighted by Gasteiger charge is 2.26. The first kappa shape index (κ1) is 26.0. The molecule has 0 fully saturated rings. The zero-order valence-electron chi connectivity index (χ0n) is 23.1. The van der Waals surface area contributed by atoms with Gasteiger partial charge < -0.3 is 10.6 Å². The van der Waals surface area contributed by atoms with Gasteiger partial charge in [-0.3, -0.25) is 4.79 Å². The van der Waals surface area contributed by atoms with Crippen LogP contribution in [-0.2, 0) is 11.2 Å². The SMILES string of the molecule is CCCCCCC(=O)NCCc1cccc2ccc3c(c12)C(C(C)C)=C(c1cccc2ccccc12)CN3. The largest absolute Gasteiger partial charge is 0.380 e. The summed E-state index contributed by atoms with van der Waals surface area (Å²) in [6.45, 7) is 8.31. The third kappa shape index (κ3) is 5.34. The Labute approximate surface area is 227 Å². The number of carbonyl (C=O) groups is 1. The van der Waals surface area contributed by atoms with Gasteiger partial charge in [0.15, 0.2) is 0 Å². The Morgan fingerprint density at radius 1 is 0.895 bits per heavy atom.